The van der Waals surface area contributed by atoms with Gasteiger partial charge in [0.15, 0.2) is 0 Å². The van der Waals surface area contributed by atoms with E-state index in [-0.39, 0.29) is 15.1 Å². The molecule has 0 unspecified atom stereocenters. The van der Waals surface area contributed by atoms with Crippen molar-refractivity contribution in [1.29, 1.82) is 0 Å². The van der Waals surface area contributed by atoms with Gasteiger partial charge in [-0.3, -0.25) is 0 Å². The summed E-state index contributed by atoms with van der Waals surface area (Å²) in [5.74, 6) is 0. The molecule has 5 rings (SSSR count). The molecule has 3 aromatic rings. The third-order valence-electron chi connectivity index (χ3n) is 4.17. The van der Waals surface area contributed by atoms with E-state index >= 15 is 0 Å². The molecule has 2 aliphatic heterocycles. The van der Waals surface area contributed by atoms with Crippen LogP contribution in [0, 0.1) is 0 Å². The maximum Gasteiger partial charge on any atom is 0.0994 e. The fourth-order valence-corrected chi connectivity index (χ4v) is 6.76. The summed E-state index contributed by atoms with van der Waals surface area (Å²) in [5.41, 5.74) is 1.19. The lowest BCUT2D eigenvalue weighted by molar-refractivity contribution is 1.07. The van der Waals surface area contributed by atoms with Crippen LogP contribution in [0.15, 0.2) is 53.8 Å². The summed E-state index contributed by atoms with van der Waals surface area (Å²) in [6.45, 7) is 0. The highest BCUT2D eigenvalue weighted by Crippen LogP contribution is 2.53. The average Bonchev–Trinajstić information content (AvgIpc) is 2.69. The van der Waals surface area contributed by atoms with Crippen molar-refractivity contribution >= 4 is 105 Å². The number of hydrogen-bond donors (Lipinski definition) is 0. The highest BCUT2D eigenvalue weighted by atomic mass is 35.5. The highest BCUT2D eigenvalue weighted by Gasteiger charge is 2.27. The minimum atomic E-state index is 0.178. The average molecular weight is 525 g/mol. The van der Waals surface area contributed by atoms with Crippen molar-refractivity contribution in [2.45, 2.75) is 19.6 Å². The van der Waals surface area contributed by atoms with E-state index in [1.807, 2.05) is 18.2 Å². The molecule has 0 atom stereocenters. The number of nitrogens with zero attached hydrogens (tertiary/aromatic N) is 2. The van der Waals surface area contributed by atoms with Crippen molar-refractivity contribution in [3.63, 3.8) is 0 Å². The summed E-state index contributed by atoms with van der Waals surface area (Å²) in [5, 5.41) is 3.29. The van der Waals surface area contributed by atoms with E-state index in [1.54, 1.807) is 6.07 Å². The van der Waals surface area contributed by atoms with Gasteiger partial charge in [0.1, 0.15) is 0 Å². The van der Waals surface area contributed by atoms with Crippen LogP contribution in [0.2, 0.25) is 30.1 Å². The molecule has 2 heterocycles. The second-order valence-electron chi connectivity index (χ2n) is 5.83. The molecular formula is C18H4Cl6N2S2. The van der Waals surface area contributed by atoms with Crippen molar-refractivity contribution in [3.8, 4) is 0 Å². The Hall–Kier alpha value is -0.300. The van der Waals surface area contributed by atoms with Gasteiger partial charge in [0.2, 0.25) is 0 Å². The molecule has 0 fully saturated rings. The third kappa shape index (κ3) is 2.89. The molecule has 0 amide bonds. The Morgan fingerprint density at radius 1 is 0.643 bits per heavy atom. The van der Waals surface area contributed by atoms with Crippen LogP contribution in [-0.4, -0.2) is 0 Å². The van der Waals surface area contributed by atoms with Crippen LogP contribution in [0.1, 0.15) is 0 Å². The molecule has 0 radical (unpaired) electrons. The van der Waals surface area contributed by atoms with Gasteiger partial charge in [0.25, 0.3) is 0 Å². The molecule has 3 aromatic carbocycles. The molecule has 140 valence electrons. The highest BCUT2D eigenvalue weighted by molar-refractivity contribution is 8.00. The lowest BCUT2D eigenvalue weighted by atomic mass is 10.2. The minimum Gasteiger partial charge on any atom is -0.245 e. The molecule has 0 saturated heterocycles. The second-order valence-corrected chi connectivity index (χ2v) is 10.2. The molecule has 0 saturated carbocycles. The van der Waals surface area contributed by atoms with E-state index in [9.17, 15) is 0 Å². The van der Waals surface area contributed by atoms with Crippen LogP contribution in [0.3, 0.4) is 0 Å². The van der Waals surface area contributed by atoms with Crippen LogP contribution in [0.25, 0.3) is 0 Å². The largest absolute Gasteiger partial charge is 0.245 e. The van der Waals surface area contributed by atoms with Gasteiger partial charge in [-0.05, 0) is 18.2 Å². The van der Waals surface area contributed by atoms with Gasteiger partial charge < -0.3 is 0 Å². The van der Waals surface area contributed by atoms with Crippen LogP contribution in [0.5, 0.6) is 0 Å². The molecule has 2 nitrogen and oxygen atoms in total. The van der Waals surface area contributed by atoms with Crippen LogP contribution >= 0.6 is 93.1 Å². The normalized spacial score (nSPS) is 13.6. The van der Waals surface area contributed by atoms with Crippen LogP contribution in [-0.2, 0) is 0 Å². The van der Waals surface area contributed by atoms with Gasteiger partial charge in [-0.1, -0.05) is 99.2 Å². The van der Waals surface area contributed by atoms with Crippen molar-refractivity contribution < 1.29 is 0 Å². The van der Waals surface area contributed by atoms with Crippen molar-refractivity contribution in [2.24, 2.45) is 9.98 Å². The Morgan fingerprint density at radius 2 is 1.39 bits per heavy atom. The zero-order valence-corrected chi connectivity index (χ0v) is 19.5. The Kier molecular flexibility index (Phi) is 5.01. The van der Waals surface area contributed by atoms with E-state index in [0.29, 0.717) is 42.1 Å². The smallest absolute Gasteiger partial charge is 0.0994 e. The number of rotatable bonds is 0. The molecule has 0 N–H and O–H groups in total. The van der Waals surface area contributed by atoms with E-state index < -0.39 is 0 Å². The quantitative estimate of drug-likeness (QED) is 0.150. The first-order valence-electron chi connectivity index (χ1n) is 7.67. The predicted molar refractivity (Wildman–Crippen MR) is 119 cm³/mol. The van der Waals surface area contributed by atoms with E-state index in [1.165, 1.54) is 23.5 Å². The van der Waals surface area contributed by atoms with Gasteiger partial charge in [0.05, 0.1) is 62.0 Å². The molecular weight excluding hydrogens is 521 g/mol. The second kappa shape index (κ2) is 7.14. The van der Waals surface area contributed by atoms with E-state index in [0.717, 1.165) is 14.7 Å². The summed E-state index contributed by atoms with van der Waals surface area (Å²) >= 11 is 41.1. The SMILES string of the molecule is Clc1cccc2c1N=c1c(cc3c(c1Cl)Sc1c(Cl)c(Cl)c(Cl)c(Cl)c1N=3)S2. The molecule has 28 heavy (non-hydrogen) atoms. The molecule has 0 aromatic heterocycles. The first-order valence-corrected chi connectivity index (χ1v) is 11.6. The minimum absolute atomic E-state index is 0.178. The molecule has 10 heteroatoms. The number of benzene rings is 3. The number of halogens is 6. The maximum atomic E-state index is 6.73. The topological polar surface area (TPSA) is 24.7 Å². The van der Waals surface area contributed by atoms with Gasteiger partial charge in [-0.15, -0.1) is 0 Å². The van der Waals surface area contributed by atoms with Gasteiger partial charge in [-0.2, -0.15) is 0 Å². The fraction of sp³-hybridized carbons (Fsp3) is 0. The number of para-hydroxylation sites is 1. The van der Waals surface area contributed by atoms with Gasteiger partial charge in [0, 0.05) is 9.79 Å². The fourth-order valence-electron chi connectivity index (χ4n) is 2.88. The zero-order chi connectivity index (χ0) is 19.7. The van der Waals surface area contributed by atoms with Gasteiger partial charge in [-0.25, -0.2) is 9.98 Å². The monoisotopic (exact) mass is 522 g/mol. The third-order valence-corrected chi connectivity index (χ3v) is 9.16. The molecule has 0 aliphatic carbocycles. The molecule has 0 bridgehead atoms. The van der Waals surface area contributed by atoms with E-state index in [2.05, 4.69) is 4.99 Å². The van der Waals surface area contributed by atoms with Crippen LogP contribution in [0.4, 0.5) is 11.4 Å². The lowest BCUT2D eigenvalue weighted by Crippen LogP contribution is -2.20. The van der Waals surface area contributed by atoms with Crippen molar-refractivity contribution in [1.82, 2.24) is 0 Å². The van der Waals surface area contributed by atoms with Crippen molar-refractivity contribution in [3.05, 3.63) is 65.1 Å². The van der Waals surface area contributed by atoms with Crippen molar-refractivity contribution in [2.75, 3.05) is 0 Å². The number of fused-ring (bicyclic) bond motifs is 4. The first kappa shape index (κ1) is 19.7. The van der Waals surface area contributed by atoms with Crippen LogP contribution < -0.4 is 10.7 Å². The van der Waals surface area contributed by atoms with Gasteiger partial charge >= 0.3 is 0 Å². The zero-order valence-electron chi connectivity index (χ0n) is 13.3. The maximum absolute atomic E-state index is 6.73. The molecule has 0 spiro atoms. The summed E-state index contributed by atoms with van der Waals surface area (Å²) in [6.07, 6.45) is 0. The lowest BCUT2D eigenvalue weighted by Gasteiger charge is -2.20. The first-order chi connectivity index (χ1) is 13.4. The Morgan fingerprint density at radius 3 is 2.18 bits per heavy atom. The predicted octanol–water partition coefficient (Wildman–Crippen LogP) is 8.44. The standard InChI is InChI=1S/C18H4Cl6N2S2/c19-5-2-1-3-7-14(5)26-15-8(27-7)4-6-17(13(15)24)28-18-12(23)10(21)9(20)11(22)16(18)25-6/h1-4H. The van der Waals surface area contributed by atoms with E-state index in [4.69, 9.17) is 74.6 Å². The summed E-state index contributed by atoms with van der Waals surface area (Å²) in [6, 6.07) is 7.58. The summed E-state index contributed by atoms with van der Waals surface area (Å²) < 4.78 is 0. The Balaban J connectivity index is 1.82. The Labute approximate surface area is 197 Å². The number of hydrogen-bond acceptors (Lipinski definition) is 4. The summed E-state index contributed by atoms with van der Waals surface area (Å²) in [7, 11) is 0. The Bertz CT molecular complexity index is 1340. The molecule has 2 aliphatic rings. The summed E-state index contributed by atoms with van der Waals surface area (Å²) in [4.78, 5) is 12.5.